The Hall–Kier alpha value is -0.640. The SMILES string of the molecule is CCN(CC(C)C)C(=O)C1(C(N)=S)CCC1. The molecule has 0 bridgehead atoms. The third kappa shape index (κ3) is 2.37. The number of nitrogens with two attached hydrogens (primary N) is 1. The lowest BCUT2D eigenvalue weighted by Gasteiger charge is -2.42. The molecule has 1 aliphatic carbocycles. The van der Waals surface area contributed by atoms with Crippen LogP contribution >= 0.6 is 12.2 Å². The highest BCUT2D eigenvalue weighted by molar-refractivity contribution is 7.80. The van der Waals surface area contributed by atoms with Crippen molar-refractivity contribution in [2.24, 2.45) is 17.1 Å². The molecule has 2 N–H and O–H groups in total. The minimum Gasteiger partial charge on any atom is -0.392 e. The Bertz CT molecular complexity index is 285. The summed E-state index contributed by atoms with van der Waals surface area (Å²) in [6.07, 6.45) is 2.72. The van der Waals surface area contributed by atoms with E-state index in [0.717, 1.165) is 32.4 Å². The van der Waals surface area contributed by atoms with Gasteiger partial charge < -0.3 is 10.6 Å². The third-order valence-electron chi connectivity index (χ3n) is 3.34. The van der Waals surface area contributed by atoms with Gasteiger partial charge in [-0.25, -0.2) is 0 Å². The molecular weight excluding hydrogens is 220 g/mol. The van der Waals surface area contributed by atoms with Crippen molar-refractivity contribution in [2.45, 2.75) is 40.0 Å². The van der Waals surface area contributed by atoms with Crippen molar-refractivity contribution >= 4 is 23.1 Å². The minimum atomic E-state index is -0.514. The molecule has 0 aliphatic heterocycles. The maximum atomic E-state index is 12.4. The summed E-state index contributed by atoms with van der Waals surface area (Å²) >= 11 is 5.07. The fourth-order valence-electron chi connectivity index (χ4n) is 2.20. The first-order valence-electron chi connectivity index (χ1n) is 6.03. The topological polar surface area (TPSA) is 46.3 Å². The maximum absolute atomic E-state index is 12.4. The van der Waals surface area contributed by atoms with Crippen molar-refractivity contribution in [2.75, 3.05) is 13.1 Å². The Morgan fingerprint density at radius 2 is 2.06 bits per heavy atom. The average molecular weight is 242 g/mol. The standard InChI is InChI=1S/C12H22N2OS/c1-4-14(8-9(2)3)11(15)12(10(13)16)6-5-7-12/h9H,4-8H2,1-3H3,(H2,13,16). The molecule has 16 heavy (non-hydrogen) atoms. The van der Waals surface area contributed by atoms with Gasteiger partial charge in [-0.2, -0.15) is 0 Å². The summed E-state index contributed by atoms with van der Waals surface area (Å²) < 4.78 is 0. The van der Waals surface area contributed by atoms with Gasteiger partial charge in [0.15, 0.2) is 0 Å². The smallest absolute Gasteiger partial charge is 0.235 e. The van der Waals surface area contributed by atoms with Crippen LogP contribution in [0.15, 0.2) is 0 Å². The number of carbonyl (C=O) groups is 1. The fraction of sp³-hybridized carbons (Fsp3) is 0.833. The highest BCUT2D eigenvalue weighted by Crippen LogP contribution is 2.42. The van der Waals surface area contributed by atoms with Crippen molar-refractivity contribution in [1.29, 1.82) is 0 Å². The van der Waals surface area contributed by atoms with E-state index in [2.05, 4.69) is 13.8 Å². The molecule has 0 aromatic rings. The lowest BCUT2D eigenvalue weighted by Crippen LogP contribution is -2.55. The number of hydrogen-bond donors (Lipinski definition) is 1. The molecule has 1 saturated carbocycles. The molecule has 1 fully saturated rings. The quantitative estimate of drug-likeness (QED) is 0.750. The lowest BCUT2D eigenvalue weighted by atomic mass is 9.67. The van der Waals surface area contributed by atoms with E-state index in [0.29, 0.717) is 10.9 Å². The van der Waals surface area contributed by atoms with E-state index < -0.39 is 5.41 Å². The molecule has 0 unspecified atom stereocenters. The molecule has 0 aromatic carbocycles. The van der Waals surface area contributed by atoms with Crippen LogP contribution in [0, 0.1) is 11.3 Å². The molecule has 0 heterocycles. The molecule has 0 spiro atoms. The molecule has 1 amide bonds. The Kier molecular flexibility index (Phi) is 4.30. The van der Waals surface area contributed by atoms with Crippen LogP contribution in [0.3, 0.4) is 0 Å². The summed E-state index contributed by atoms with van der Waals surface area (Å²) in [5.41, 5.74) is 5.23. The van der Waals surface area contributed by atoms with E-state index in [1.807, 2.05) is 11.8 Å². The minimum absolute atomic E-state index is 0.141. The van der Waals surface area contributed by atoms with Crippen LogP contribution in [-0.4, -0.2) is 28.9 Å². The summed E-state index contributed by atoms with van der Waals surface area (Å²) in [4.78, 5) is 14.7. The highest BCUT2D eigenvalue weighted by atomic mass is 32.1. The van der Waals surface area contributed by atoms with E-state index in [4.69, 9.17) is 18.0 Å². The van der Waals surface area contributed by atoms with Gasteiger partial charge in [0.25, 0.3) is 0 Å². The van der Waals surface area contributed by atoms with Crippen molar-refractivity contribution in [3.05, 3.63) is 0 Å². The first-order valence-corrected chi connectivity index (χ1v) is 6.44. The first kappa shape index (κ1) is 13.4. The summed E-state index contributed by atoms with van der Waals surface area (Å²) in [5, 5.41) is 0. The molecule has 1 rings (SSSR count). The Morgan fingerprint density at radius 3 is 2.31 bits per heavy atom. The van der Waals surface area contributed by atoms with Gasteiger partial charge in [-0.1, -0.05) is 32.5 Å². The lowest BCUT2D eigenvalue weighted by molar-refractivity contribution is -0.142. The van der Waals surface area contributed by atoms with Gasteiger partial charge in [0, 0.05) is 13.1 Å². The summed E-state index contributed by atoms with van der Waals surface area (Å²) in [6.45, 7) is 7.77. The Labute approximate surface area is 103 Å². The molecular formula is C12H22N2OS. The van der Waals surface area contributed by atoms with Crippen molar-refractivity contribution in [3.63, 3.8) is 0 Å². The summed E-state index contributed by atoms with van der Waals surface area (Å²) in [7, 11) is 0. The van der Waals surface area contributed by atoms with Crippen LogP contribution in [-0.2, 0) is 4.79 Å². The van der Waals surface area contributed by atoms with E-state index in [9.17, 15) is 4.79 Å². The van der Waals surface area contributed by atoms with Crippen LogP contribution in [0.4, 0.5) is 0 Å². The predicted molar refractivity (Wildman–Crippen MR) is 70.2 cm³/mol. The molecule has 92 valence electrons. The first-order chi connectivity index (χ1) is 7.44. The molecule has 0 aromatic heterocycles. The zero-order valence-corrected chi connectivity index (χ0v) is 11.3. The van der Waals surface area contributed by atoms with Crippen LogP contribution in [0.5, 0.6) is 0 Å². The molecule has 4 heteroatoms. The van der Waals surface area contributed by atoms with Gasteiger partial charge in [-0.05, 0) is 25.7 Å². The van der Waals surface area contributed by atoms with Gasteiger partial charge >= 0.3 is 0 Å². The fourth-order valence-corrected chi connectivity index (χ4v) is 2.49. The van der Waals surface area contributed by atoms with Crippen LogP contribution in [0.2, 0.25) is 0 Å². The molecule has 0 radical (unpaired) electrons. The average Bonchev–Trinajstić information content (AvgIpc) is 2.10. The second-order valence-electron chi connectivity index (χ2n) is 5.04. The summed E-state index contributed by atoms with van der Waals surface area (Å²) in [6, 6.07) is 0. The number of thiocarbonyl (C=S) groups is 1. The highest BCUT2D eigenvalue weighted by Gasteiger charge is 2.48. The van der Waals surface area contributed by atoms with Crippen LogP contribution in [0.1, 0.15) is 40.0 Å². The number of hydrogen-bond acceptors (Lipinski definition) is 2. The number of carbonyl (C=O) groups excluding carboxylic acids is 1. The zero-order chi connectivity index (χ0) is 12.3. The maximum Gasteiger partial charge on any atom is 0.235 e. The summed E-state index contributed by atoms with van der Waals surface area (Å²) in [5.74, 6) is 0.620. The van der Waals surface area contributed by atoms with E-state index in [-0.39, 0.29) is 5.91 Å². The third-order valence-corrected chi connectivity index (χ3v) is 3.73. The van der Waals surface area contributed by atoms with E-state index >= 15 is 0 Å². The predicted octanol–water partition coefficient (Wildman–Crippen LogP) is 1.95. The van der Waals surface area contributed by atoms with Crippen molar-refractivity contribution in [1.82, 2.24) is 4.90 Å². The molecule has 0 saturated heterocycles. The van der Waals surface area contributed by atoms with Crippen molar-refractivity contribution in [3.8, 4) is 0 Å². The molecule has 0 atom stereocenters. The second-order valence-corrected chi connectivity index (χ2v) is 5.48. The van der Waals surface area contributed by atoms with E-state index in [1.165, 1.54) is 0 Å². The van der Waals surface area contributed by atoms with Crippen LogP contribution < -0.4 is 5.73 Å². The molecule has 1 aliphatic rings. The monoisotopic (exact) mass is 242 g/mol. The number of amides is 1. The largest absolute Gasteiger partial charge is 0.392 e. The van der Waals surface area contributed by atoms with Gasteiger partial charge in [0.05, 0.1) is 10.4 Å². The van der Waals surface area contributed by atoms with E-state index in [1.54, 1.807) is 0 Å². The Balaban J connectivity index is 2.77. The zero-order valence-electron chi connectivity index (χ0n) is 10.5. The Morgan fingerprint density at radius 1 is 1.50 bits per heavy atom. The second kappa shape index (κ2) is 5.13. The van der Waals surface area contributed by atoms with Gasteiger partial charge in [0.2, 0.25) is 5.91 Å². The molecule has 3 nitrogen and oxygen atoms in total. The number of nitrogens with zero attached hydrogens (tertiary/aromatic N) is 1. The van der Waals surface area contributed by atoms with Crippen LogP contribution in [0.25, 0.3) is 0 Å². The van der Waals surface area contributed by atoms with Gasteiger partial charge in [-0.3, -0.25) is 4.79 Å². The van der Waals surface area contributed by atoms with Gasteiger partial charge in [-0.15, -0.1) is 0 Å². The van der Waals surface area contributed by atoms with Crippen molar-refractivity contribution < 1.29 is 4.79 Å². The number of rotatable bonds is 5. The van der Waals surface area contributed by atoms with Gasteiger partial charge in [0.1, 0.15) is 0 Å². The normalized spacial score (nSPS) is 18.0.